The van der Waals surface area contributed by atoms with Crippen LogP contribution >= 0.6 is 0 Å². The Morgan fingerprint density at radius 1 is 1.21 bits per heavy atom. The third kappa shape index (κ3) is 3.37. The average Bonchev–Trinajstić information content (AvgIpc) is 3.07. The second-order valence-electron chi connectivity index (χ2n) is 7.91. The van der Waals surface area contributed by atoms with Crippen molar-refractivity contribution in [2.45, 2.75) is 54.1 Å². The quantitative estimate of drug-likeness (QED) is 0.794. The number of hydrogen-bond donors (Lipinski definition) is 0. The van der Waals surface area contributed by atoms with Crippen molar-refractivity contribution in [1.29, 1.82) is 0 Å². The fourth-order valence-electron chi connectivity index (χ4n) is 3.38. The third-order valence-corrected chi connectivity index (χ3v) is 4.36. The van der Waals surface area contributed by atoms with Gasteiger partial charge in [-0.2, -0.15) is 0 Å². The summed E-state index contributed by atoms with van der Waals surface area (Å²) in [5, 5.41) is 0. The maximum atomic E-state index is 5.77. The molecule has 0 bridgehead atoms. The first kappa shape index (κ1) is 16.7. The Morgan fingerprint density at radius 3 is 2.46 bits per heavy atom. The molecule has 1 aromatic carbocycles. The first-order chi connectivity index (χ1) is 11.2. The van der Waals surface area contributed by atoms with Crippen LogP contribution in [0.15, 0.2) is 35.8 Å². The van der Waals surface area contributed by atoms with Gasteiger partial charge in [0.05, 0.1) is 0 Å². The maximum absolute atomic E-state index is 5.77. The van der Waals surface area contributed by atoms with E-state index in [2.05, 4.69) is 81.5 Å². The highest BCUT2D eigenvalue weighted by molar-refractivity contribution is 5.82. The number of hydrogen-bond acceptors (Lipinski definition) is 2. The molecule has 4 nitrogen and oxygen atoms in total. The Hall–Kier alpha value is -2.10. The minimum atomic E-state index is -0.0124. The van der Waals surface area contributed by atoms with Crippen LogP contribution in [0.2, 0.25) is 0 Å². The highest BCUT2D eigenvalue weighted by Crippen LogP contribution is 2.22. The molecule has 2 heterocycles. The van der Waals surface area contributed by atoms with Crippen molar-refractivity contribution in [2.24, 2.45) is 10.4 Å². The monoisotopic (exact) mass is 326 g/mol. The maximum Gasteiger partial charge on any atom is 0.249 e. The van der Waals surface area contributed by atoms with Crippen molar-refractivity contribution in [1.82, 2.24) is 4.57 Å². The summed E-state index contributed by atoms with van der Waals surface area (Å²) in [6, 6.07) is 4.66. The molecule has 0 spiro atoms. The summed E-state index contributed by atoms with van der Waals surface area (Å²) >= 11 is 0. The minimum Gasteiger partial charge on any atom is -0.478 e. The van der Waals surface area contributed by atoms with E-state index in [-0.39, 0.29) is 11.5 Å². The third-order valence-electron chi connectivity index (χ3n) is 4.36. The normalized spacial score (nSPS) is 17.8. The largest absolute Gasteiger partial charge is 0.478 e. The van der Waals surface area contributed by atoms with Gasteiger partial charge < -0.3 is 4.74 Å². The summed E-state index contributed by atoms with van der Waals surface area (Å²) in [6.07, 6.45) is 6.38. The zero-order valence-corrected chi connectivity index (χ0v) is 15.6. The molecule has 3 rings (SSSR count). The Morgan fingerprint density at radius 2 is 1.88 bits per heavy atom. The van der Waals surface area contributed by atoms with Crippen molar-refractivity contribution in [3.8, 4) is 5.69 Å². The zero-order chi connectivity index (χ0) is 17.5. The van der Waals surface area contributed by atoms with Crippen molar-refractivity contribution in [3.63, 3.8) is 0 Å². The van der Waals surface area contributed by atoms with E-state index in [0.29, 0.717) is 6.61 Å². The molecule has 0 radical (unpaired) electrons. The molecule has 2 aromatic rings. The molecule has 0 aliphatic carbocycles. The van der Waals surface area contributed by atoms with E-state index in [1.807, 2.05) is 0 Å². The molecule has 4 heteroatoms. The number of aromatic nitrogens is 2. The molecule has 128 valence electrons. The molecule has 0 fully saturated rings. The molecule has 0 unspecified atom stereocenters. The first-order valence-electron chi connectivity index (χ1n) is 8.60. The fourth-order valence-corrected chi connectivity index (χ4v) is 3.38. The number of rotatable bonds is 3. The Kier molecular flexibility index (Phi) is 4.24. The molecule has 1 aliphatic rings. The predicted octanol–water partition coefficient (Wildman–Crippen LogP) is 3.53. The molecule has 1 atom stereocenters. The molecule has 24 heavy (non-hydrogen) atoms. The predicted molar refractivity (Wildman–Crippen MR) is 96.8 cm³/mol. The van der Waals surface area contributed by atoms with Gasteiger partial charge in [0.25, 0.3) is 0 Å². The summed E-state index contributed by atoms with van der Waals surface area (Å²) in [5.41, 5.74) is 5.16. The van der Waals surface area contributed by atoms with Gasteiger partial charge in [0.15, 0.2) is 5.90 Å². The van der Waals surface area contributed by atoms with E-state index in [4.69, 9.17) is 9.73 Å². The average molecular weight is 326 g/mol. The van der Waals surface area contributed by atoms with Crippen LogP contribution < -0.4 is 4.57 Å². The van der Waals surface area contributed by atoms with Crippen LogP contribution in [-0.2, 0) is 11.3 Å². The lowest BCUT2D eigenvalue weighted by Gasteiger charge is -2.16. The number of imidazole rings is 1. The summed E-state index contributed by atoms with van der Waals surface area (Å²) in [5.74, 6) is 0.873. The van der Waals surface area contributed by atoms with E-state index in [1.54, 1.807) is 0 Å². The number of benzene rings is 1. The van der Waals surface area contributed by atoms with Gasteiger partial charge in [0, 0.05) is 5.41 Å². The highest BCUT2D eigenvalue weighted by atomic mass is 16.5. The lowest BCUT2D eigenvalue weighted by molar-refractivity contribution is -0.697. The summed E-state index contributed by atoms with van der Waals surface area (Å²) in [7, 11) is 0. The van der Waals surface area contributed by atoms with Crippen LogP contribution in [0.25, 0.3) is 5.69 Å². The topological polar surface area (TPSA) is 30.4 Å². The van der Waals surface area contributed by atoms with E-state index < -0.39 is 0 Å². The molecule has 0 N–H and O–H groups in total. The van der Waals surface area contributed by atoms with Gasteiger partial charge in [-0.1, -0.05) is 38.5 Å². The molecular formula is C20H28N3O+. The van der Waals surface area contributed by atoms with Crippen LogP contribution in [0.5, 0.6) is 0 Å². The lowest BCUT2D eigenvalue weighted by Crippen LogP contribution is -2.37. The second-order valence-corrected chi connectivity index (χ2v) is 7.91. The van der Waals surface area contributed by atoms with Gasteiger partial charge in [0.1, 0.15) is 37.3 Å². The molecule has 1 aromatic heterocycles. The highest BCUT2D eigenvalue weighted by Gasteiger charge is 2.29. The van der Waals surface area contributed by atoms with Crippen molar-refractivity contribution in [2.75, 3.05) is 6.61 Å². The van der Waals surface area contributed by atoms with Crippen LogP contribution in [0.1, 0.15) is 37.5 Å². The standard InChI is InChI=1S/C20H28N3O/c1-14-9-15(2)18(16(3)10-14)23-8-7-22(13-23)11-17-12-24-19(21-17)20(4,5)6/h7-10,13,17H,11-12H2,1-6H3/q+1/t17-/m1/s1. The Labute approximate surface area is 144 Å². The van der Waals surface area contributed by atoms with E-state index in [9.17, 15) is 0 Å². The van der Waals surface area contributed by atoms with Gasteiger partial charge in [-0.05, 0) is 31.9 Å². The van der Waals surface area contributed by atoms with Gasteiger partial charge in [-0.15, -0.1) is 0 Å². The summed E-state index contributed by atoms with van der Waals surface area (Å²) in [6.45, 7) is 14.4. The van der Waals surface area contributed by atoms with Gasteiger partial charge in [-0.3, -0.25) is 0 Å². The summed E-state index contributed by atoms with van der Waals surface area (Å²) < 4.78 is 10.2. The smallest absolute Gasteiger partial charge is 0.249 e. The van der Waals surface area contributed by atoms with Crippen LogP contribution in [0, 0.1) is 26.2 Å². The number of aryl methyl sites for hydroxylation is 3. The fraction of sp³-hybridized carbons (Fsp3) is 0.500. The molecule has 1 aliphatic heterocycles. The van der Waals surface area contributed by atoms with Crippen molar-refractivity contribution < 1.29 is 9.30 Å². The zero-order valence-electron chi connectivity index (χ0n) is 15.6. The van der Waals surface area contributed by atoms with Crippen molar-refractivity contribution in [3.05, 3.63) is 47.5 Å². The Bertz CT molecular complexity index is 757. The van der Waals surface area contributed by atoms with Crippen LogP contribution in [-0.4, -0.2) is 23.1 Å². The molecular weight excluding hydrogens is 298 g/mol. The van der Waals surface area contributed by atoms with E-state index in [0.717, 1.165) is 12.4 Å². The Balaban J connectivity index is 1.79. The number of nitrogens with zero attached hydrogens (tertiary/aromatic N) is 3. The summed E-state index contributed by atoms with van der Waals surface area (Å²) in [4.78, 5) is 4.75. The molecule has 0 saturated heterocycles. The van der Waals surface area contributed by atoms with E-state index >= 15 is 0 Å². The number of aliphatic imine (C=N–C) groups is 1. The van der Waals surface area contributed by atoms with Gasteiger partial charge in [0.2, 0.25) is 6.33 Å². The minimum absolute atomic E-state index is 0.0124. The van der Waals surface area contributed by atoms with Crippen molar-refractivity contribution >= 4 is 5.90 Å². The second kappa shape index (κ2) is 6.08. The molecule has 0 saturated carbocycles. The van der Waals surface area contributed by atoms with E-state index in [1.165, 1.54) is 22.4 Å². The molecule has 0 amide bonds. The first-order valence-corrected chi connectivity index (χ1v) is 8.60. The van der Waals surface area contributed by atoms with Crippen LogP contribution in [0.3, 0.4) is 0 Å². The van der Waals surface area contributed by atoms with Crippen LogP contribution in [0.4, 0.5) is 0 Å². The van der Waals surface area contributed by atoms with Gasteiger partial charge >= 0.3 is 0 Å². The number of ether oxygens (including phenoxy) is 1. The SMILES string of the molecule is Cc1cc(C)c(-n2cc[n+](C[C@@H]3COC(C(C)(C)C)=N3)c2)c(C)c1. The van der Waals surface area contributed by atoms with Gasteiger partial charge in [-0.25, -0.2) is 14.1 Å². The lowest BCUT2D eigenvalue weighted by atomic mass is 9.97.